The van der Waals surface area contributed by atoms with E-state index < -0.39 is 0 Å². The summed E-state index contributed by atoms with van der Waals surface area (Å²) in [6, 6.07) is 3.49. The Hall–Kier alpha value is -2.11. The van der Waals surface area contributed by atoms with Gasteiger partial charge in [-0.25, -0.2) is 4.79 Å². The molecule has 0 unspecified atom stereocenters. The Morgan fingerprint density at radius 3 is 2.82 bits per heavy atom. The maximum absolute atomic E-state index is 12.1. The first kappa shape index (κ1) is 16.3. The van der Waals surface area contributed by atoms with Crippen molar-refractivity contribution in [3.63, 3.8) is 0 Å². The number of aromatic nitrogens is 1. The number of rotatable bonds is 4. The number of nitrogens with one attached hydrogen (secondary N) is 3. The molecule has 0 spiro atoms. The van der Waals surface area contributed by atoms with Crippen LogP contribution in [0.5, 0.6) is 0 Å². The Kier molecular flexibility index (Phi) is 5.75. The molecule has 0 radical (unpaired) electrons. The van der Waals surface area contributed by atoms with E-state index in [-0.39, 0.29) is 29.9 Å². The molecule has 3 N–H and O–H groups in total. The third kappa shape index (κ3) is 5.02. The van der Waals surface area contributed by atoms with Crippen molar-refractivity contribution in [1.29, 1.82) is 0 Å². The molecule has 22 heavy (non-hydrogen) atoms. The monoisotopic (exact) mass is 304 g/mol. The molecular weight excluding hydrogens is 280 g/mol. The summed E-state index contributed by atoms with van der Waals surface area (Å²) in [4.78, 5) is 28.0. The number of carbonyl (C=O) groups excluding carboxylic acids is 2. The first-order chi connectivity index (χ1) is 10.5. The lowest BCUT2D eigenvalue weighted by Gasteiger charge is -2.29. The minimum Gasteiger partial charge on any atom is -0.354 e. The number of hydrogen-bond donors (Lipinski definition) is 3. The summed E-state index contributed by atoms with van der Waals surface area (Å²) in [5.41, 5.74) is 0.657. The number of nitrogens with zero attached hydrogens (tertiary/aromatic N) is 1. The van der Waals surface area contributed by atoms with Gasteiger partial charge >= 0.3 is 6.03 Å². The molecule has 0 aromatic carbocycles. The van der Waals surface area contributed by atoms with E-state index in [2.05, 4.69) is 20.9 Å². The number of amides is 3. The Morgan fingerprint density at radius 2 is 2.14 bits per heavy atom. The van der Waals surface area contributed by atoms with Gasteiger partial charge in [0.2, 0.25) is 5.91 Å². The Bertz CT molecular complexity index is 504. The van der Waals surface area contributed by atoms with Gasteiger partial charge < -0.3 is 16.0 Å². The van der Waals surface area contributed by atoms with E-state index in [1.54, 1.807) is 24.5 Å². The van der Waals surface area contributed by atoms with Crippen molar-refractivity contribution in [2.75, 3.05) is 5.32 Å². The minimum atomic E-state index is -0.247. The maximum atomic E-state index is 12.1. The van der Waals surface area contributed by atoms with Crippen LogP contribution in [0.2, 0.25) is 0 Å². The summed E-state index contributed by atoms with van der Waals surface area (Å²) in [6.45, 7) is 3.91. The topological polar surface area (TPSA) is 83.1 Å². The summed E-state index contributed by atoms with van der Waals surface area (Å²) in [5, 5.41) is 8.65. The van der Waals surface area contributed by atoms with Crippen molar-refractivity contribution in [2.24, 2.45) is 5.92 Å². The van der Waals surface area contributed by atoms with E-state index in [1.807, 2.05) is 13.8 Å². The highest BCUT2D eigenvalue weighted by Gasteiger charge is 2.28. The van der Waals surface area contributed by atoms with Crippen LogP contribution in [-0.4, -0.2) is 29.0 Å². The molecule has 120 valence electrons. The van der Waals surface area contributed by atoms with Crippen LogP contribution in [0.4, 0.5) is 10.5 Å². The zero-order valence-corrected chi connectivity index (χ0v) is 13.1. The van der Waals surface area contributed by atoms with Gasteiger partial charge in [0, 0.05) is 24.2 Å². The van der Waals surface area contributed by atoms with Crippen molar-refractivity contribution in [1.82, 2.24) is 15.6 Å². The van der Waals surface area contributed by atoms with E-state index in [9.17, 15) is 9.59 Å². The highest BCUT2D eigenvalue weighted by Crippen LogP contribution is 2.24. The average molecular weight is 304 g/mol. The summed E-state index contributed by atoms with van der Waals surface area (Å²) in [6.07, 6.45) is 6.70. The maximum Gasteiger partial charge on any atom is 0.319 e. The Labute approximate surface area is 131 Å². The second-order valence-corrected chi connectivity index (χ2v) is 6.06. The zero-order valence-electron chi connectivity index (χ0n) is 13.1. The van der Waals surface area contributed by atoms with Gasteiger partial charge in [0.15, 0.2) is 0 Å². The quantitative estimate of drug-likeness (QED) is 0.798. The predicted octanol–water partition coefficient (Wildman–Crippen LogP) is 2.29. The molecule has 1 heterocycles. The molecule has 1 aliphatic rings. The average Bonchev–Trinajstić information content (AvgIpc) is 2.47. The fourth-order valence-electron chi connectivity index (χ4n) is 2.75. The molecule has 1 aromatic rings. The SMILES string of the molecule is CC(C)NC(=O)[C@H]1CCC[C@@H](NC(=O)Nc2cccnc2)C1. The van der Waals surface area contributed by atoms with Crippen molar-refractivity contribution in [2.45, 2.75) is 51.6 Å². The number of anilines is 1. The standard InChI is InChI=1S/C16H24N4O2/c1-11(2)18-15(21)12-5-3-6-13(9-12)19-16(22)20-14-7-4-8-17-10-14/h4,7-8,10-13H,3,5-6,9H2,1-2H3,(H,18,21)(H2,19,20,22)/t12-,13+/m0/s1. The largest absolute Gasteiger partial charge is 0.354 e. The molecule has 2 atom stereocenters. The van der Waals surface area contributed by atoms with Crippen LogP contribution in [0, 0.1) is 5.92 Å². The highest BCUT2D eigenvalue weighted by molar-refractivity contribution is 5.89. The molecule has 1 aliphatic carbocycles. The van der Waals surface area contributed by atoms with E-state index in [0.717, 1.165) is 19.3 Å². The van der Waals surface area contributed by atoms with E-state index in [0.29, 0.717) is 12.1 Å². The third-order valence-electron chi connectivity index (χ3n) is 3.73. The van der Waals surface area contributed by atoms with Crippen molar-refractivity contribution >= 4 is 17.6 Å². The van der Waals surface area contributed by atoms with Gasteiger partial charge in [-0.15, -0.1) is 0 Å². The molecule has 1 aromatic heterocycles. The molecule has 1 saturated carbocycles. The van der Waals surface area contributed by atoms with Crippen LogP contribution >= 0.6 is 0 Å². The van der Waals surface area contributed by atoms with Crippen LogP contribution in [0.1, 0.15) is 39.5 Å². The number of hydrogen-bond acceptors (Lipinski definition) is 3. The smallest absolute Gasteiger partial charge is 0.319 e. The Morgan fingerprint density at radius 1 is 1.32 bits per heavy atom. The number of urea groups is 1. The molecule has 1 fully saturated rings. The summed E-state index contributed by atoms with van der Waals surface area (Å²) < 4.78 is 0. The lowest BCUT2D eigenvalue weighted by molar-refractivity contribution is -0.126. The van der Waals surface area contributed by atoms with Crippen LogP contribution in [-0.2, 0) is 4.79 Å². The van der Waals surface area contributed by atoms with Crippen LogP contribution in [0.3, 0.4) is 0 Å². The first-order valence-corrected chi connectivity index (χ1v) is 7.82. The molecule has 6 heteroatoms. The lowest BCUT2D eigenvalue weighted by atomic mass is 9.85. The minimum absolute atomic E-state index is 0.0140. The number of pyridine rings is 1. The van der Waals surface area contributed by atoms with Crippen LogP contribution in [0.25, 0.3) is 0 Å². The summed E-state index contributed by atoms with van der Waals surface area (Å²) in [5.74, 6) is 0.0778. The van der Waals surface area contributed by atoms with Gasteiger partial charge in [0.1, 0.15) is 0 Å². The second-order valence-electron chi connectivity index (χ2n) is 6.06. The zero-order chi connectivity index (χ0) is 15.9. The first-order valence-electron chi connectivity index (χ1n) is 7.82. The number of carbonyl (C=O) groups is 2. The lowest BCUT2D eigenvalue weighted by Crippen LogP contribution is -2.44. The molecule has 0 saturated heterocycles. The van der Waals surface area contributed by atoms with Crippen molar-refractivity contribution < 1.29 is 9.59 Å². The molecule has 3 amide bonds. The second kappa shape index (κ2) is 7.77. The van der Waals surface area contributed by atoms with E-state index in [4.69, 9.17) is 0 Å². The molecule has 0 aliphatic heterocycles. The van der Waals surface area contributed by atoms with E-state index in [1.165, 1.54) is 0 Å². The normalized spacial score (nSPS) is 21.2. The molecule has 6 nitrogen and oxygen atoms in total. The van der Waals surface area contributed by atoms with Gasteiger partial charge in [0.05, 0.1) is 11.9 Å². The third-order valence-corrected chi connectivity index (χ3v) is 3.73. The van der Waals surface area contributed by atoms with Crippen molar-refractivity contribution in [3.05, 3.63) is 24.5 Å². The van der Waals surface area contributed by atoms with Gasteiger partial charge in [0.25, 0.3) is 0 Å². The highest BCUT2D eigenvalue weighted by atomic mass is 16.2. The molecular formula is C16H24N4O2. The van der Waals surface area contributed by atoms with Gasteiger partial charge in [-0.2, -0.15) is 0 Å². The molecule has 0 bridgehead atoms. The fourth-order valence-corrected chi connectivity index (χ4v) is 2.75. The molecule has 2 rings (SSSR count). The van der Waals surface area contributed by atoms with Crippen LogP contribution in [0.15, 0.2) is 24.5 Å². The summed E-state index contributed by atoms with van der Waals surface area (Å²) >= 11 is 0. The predicted molar refractivity (Wildman–Crippen MR) is 85.4 cm³/mol. The van der Waals surface area contributed by atoms with Crippen molar-refractivity contribution in [3.8, 4) is 0 Å². The van der Waals surface area contributed by atoms with Gasteiger partial charge in [-0.1, -0.05) is 6.42 Å². The fraction of sp³-hybridized carbons (Fsp3) is 0.562. The van der Waals surface area contributed by atoms with E-state index >= 15 is 0 Å². The van der Waals surface area contributed by atoms with Gasteiger partial charge in [-0.05, 0) is 45.2 Å². The summed E-state index contributed by atoms with van der Waals surface area (Å²) in [7, 11) is 0. The Balaban J connectivity index is 1.82. The van der Waals surface area contributed by atoms with Gasteiger partial charge in [-0.3, -0.25) is 9.78 Å². The van der Waals surface area contributed by atoms with Crippen LogP contribution < -0.4 is 16.0 Å².